The van der Waals surface area contributed by atoms with Gasteiger partial charge in [0.25, 0.3) is 0 Å². The van der Waals surface area contributed by atoms with Crippen molar-refractivity contribution in [1.82, 2.24) is 5.32 Å². The highest BCUT2D eigenvalue weighted by Crippen LogP contribution is 2.25. The minimum atomic E-state index is -0.463. The van der Waals surface area contributed by atoms with Gasteiger partial charge in [-0.05, 0) is 43.0 Å². The van der Waals surface area contributed by atoms with Crippen LogP contribution in [0.15, 0.2) is 18.2 Å². The molecule has 8 heteroatoms. The first-order valence-corrected chi connectivity index (χ1v) is 9.03. The van der Waals surface area contributed by atoms with Crippen molar-refractivity contribution < 1.29 is 9.18 Å². The molecule has 1 saturated heterocycles. The Hall–Kier alpha value is -0.690. The predicted molar refractivity (Wildman–Crippen MR) is 98.4 cm³/mol. The van der Waals surface area contributed by atoms with E-state index in [4.69, 9.17) is 17.3 Å². The Bertz CT molecular complexity index is 535. The van der Waals surface area contributed by atoms with Gasteiger partial charge in [-0.1, -0.05) is 11.6 Å². The molecule has 1 aromatic carbocycles. The third-order valence-corrected chi connectivity index (χ3v) is 4.72. The average Bonchev–Trinajstić information content (AvgIpc) is 2.96. The van der Waals surface area contributed by atoms with E-state index in [9.17, 15) is 9.18 Å². The molecular weight excluding hydrogens is 360 g/mol. The van der Waals surface area contributed by atoms with E-state index in [0.717, 1.165) is 24.4 Å². The summed E-state index contributed by atoms with van der Waals surface area (Å²) in [5.74, 6) is 0.337. The van der Waals surface area contributed by atoms with E-state index < -0.39 is 11.9 Å². The first kappa shape index (κ1) is 20.4. The van der Waals surface area contributed by atoms with E-state index in [2.05, 4.69) is 5.32 Å². The molecule has 0 spiro atoms. The van der Waals surface area contributed by atoms with Gasteiger partial charge in [0.05, 0.1) is 11.1 Å². The van der Waals surface area contributed by atoms with Gasteiger partial charge in [-0.25, -0.2) is 4.39 Å². The highest BCUT2D eigenvalue weighted by atomic mass is 35.5. The van der Waals surface area contributed by atoms with Crippen molar-refractivity contribution in [3.05, 3.63) is 29.0 Å². The highest BCUT2D eigenvalue weighted by molar-refractivity contribution is 7.98. The van der Waals surface area contributed by atoms with Gasteiger partial charge >= 0.3 is 0 Å². The number of rotatable bonds is 6. The minimum absolute atomic E-state index is 0. The minimum Gasteiger partial charge on any atom is -0.369 e. The van der Waals surface area contributed by atoms with Crippen LogP contribution in [0.5, 0.6) is 0 Å². The fourth-order valence-corrected chi connectivity index (χ4v) is 3.09. The Morgan fingerprint density at radius 3 is 3.00 bits per heavy atom. The molecule has 1 heterocycles. The Balaban J connectivity index is 0.00000264. The summed E-state index contributed by atoms with van der Waals surface area (Å²) in [4.78, 5) is 14.0. The van der Waals surface area contributed by atoms with Crippen molar-refractivity contribution in [1.29, 1.82) is 0 Å². The zero-order chi connectivity index (χ0) is 16.1. The standard InChI is InChI=1S/C15H21ClFN3OS.ClH/c1-22-7-5-14(18)15(21)19-10-4-6-20(9-10)11-2-3-12(16)13(17)8-11;/h2-3,8,10,14H,4-7,9,18H2,1H3,(H,19,21);1H. The number of amides is 1. The zero-order valence-corrected chi connectivity index (χ0v) is 15.3. The normalized spacial score (nSPS) is 18.4. The summed E-state index contributed by atoms with van der Waals surface area (Å²) in [6.45, 7) is 1.42. The van der Waals surface area contributed by atoms with Crippen LogP contribution in [0.25, 0.3) is 0 Å². The highest BCUT2D eigenvalue weighted by Gasteiger charge is 2.26. The first-order chi connectivity index (χ1) is 10.5. The smallest absolute Gasteiger partial charge is 0.237 e. The summed E-state index contributed by atoms with van der Waals surface area (Å²) in [7, 11) is 0. The number of halogens is 3. The number of nitrogens with one attached hydrogen (secondary N) is 1. The quantitative estimate of drug-likeness (QED) is 0.794. The molecule has 3 N–H and O–H groups in total. The van der Waals surface area contributed by atoms with Crippen LogP contribution in [-0.2, 0) is 4.79 Å². The predicted octanol–water partition coefficient (Wildman–Crippen LogP) is 2.68. The summed E-state index contributed by atoms with van der Waals surface area (Å²) in [6, 6.07) is 4.36. The summed E-state index contributed by atoms with van der Waals surface area (Å²) >= 11 is 7.37. The maximum atomic E-state index is 13.5. The second-order valence-corrected chi connectivity index (χ2v) is 6.82. The lowest BCUT2D eigenvalue weighted by atomic mass is 10.2. The van der Waals surface area contributed by atoms with Crippen LogP contribution in [0.3, 0.4) is 0 Å². The molecule has 0 aromatic heterocycles. The number of hydrogen-bond donors (Lipinski definition) is 2. The van der Waals surface area contributed by atoms with Gasteiger partial charge in [-0.2, -0.15) is 11.8 Å². The lowest BCUT2D eigenvalue weighted by Gasteiger charge is -2.20. The van der Waals surface area contributed by atoms with Gasteiger partial charge in [-0.15, -0.1) is 12.4 Å². The van der Waals surface area contributed by atoms with Crippen LogP contribution in [-0.4, -0.2) is 43.1 Å². The largest absolute Gasteiger partial charge is 0.369 e. The third kappa shape index (κ3) is 5.71. The van der Waals surface area contributed by atoms with E-state index in [1.54, 1.807) is 23.9 Å². The molecule has 1 amide bonds. The fourth-order valence-electron chi connectivity index (χ4n) is 2.48. The maximum absolute atomic E-state index is 13.5. The summed E-state index contributed by atoms with van der Waals surface area (Å²) in [6.07, 6.45) is 3.49. The molecule has 2 unspecified atom stereocenters. The molecule has 0 radical (unpaired) electrons. The second kappa shape index (κ2) is 9.57. The van der Waals surface area contributed by atoms with Crippen molar-refractivity contribution in [2.75, 3.05) is 30.0 Å². The Morgan fingerprint density at radius 1 is 1.61 bits per heavy atom. The molecule has 23 heavy (non-hydrogen) atoms. The number of nitrogens with two attached hydrogens (primary N) is 1. The second-order valence-electron chi connectivity index (χ2n) is 5.43. The van der Waals surface area contributed by atoms with Crippen LogP contribution in [0.1, 0.15) is 12.8 Å². The number of thioether (sulfide) groups is 1. The molecule has 4 nitrogen and oxygen atoms in total. The summed E-state index contributed by atoms with van der Waals surface area (Å²) in [5.41, 5.74) is 6.64. The molecule has 2 atom stereocenters. The van der Waals surface area contributed by atoms with E-state index in [1.807, 2.05) is 11.2 Å². The van der Waals surface area contributed by atoms with E-state index in [0.29, 0.717) is 13.0 Å². The molecule has 1 aliphatic heterocycles. The summed E-state index contributed by atoms with van der Waals surface area (Å²) < 4.78 is 13.5. The zero-order valence-electron chi connectivity index (χ0n) is 12.9. The fraction of sp³-hybridized carbons (Fsp3) is 0.533. The van der Waals surface area contributed by atoms with Crippen molar-refractivity contribution in [3.8, 4) is 0 Å². The molecule has 130 valence electrons. The Labute approximate surface area is 151 Å². The van der Waals surface area contributed by atoms with Crippen LogP contribution in [0.2, 0.25) is 5.02 Å². The Kier molecular flexibility index (Phi) is 8.47. The van der Waals surface area contributed by atoms with Crippen molar-refractivity contribution in [2.45, 2.75) is 24.9 Å². The molecule has 1 fully saturated rings. The van der Waals surface area contributed by atoms with Crippen LogP contribution in [0, 0.1) is 5.82 Å². The van der Waals surface area contributed by atoms with E-state index in [1.165, 1.54) is 6.07 Å². The third-order valence-electron chi connectivity index (χ3n) is 3.77. The molecule has 0 bridgehead atoms. The first-order valence-electron chi connectivity index (χ1n) is 7.26. The molecule has 1 aromatic rings. The summed E-state index contributed by atoms with van der Waals surface area (Å²) in [5, 5.41) is 3.10. The van der Waals surface area contributed by atoms with Gasteiger partial charge in [0.1, 0.15) is 5.82 Å². The van der Waals surface area contributed by atoms with Crippen molar-refractivity contribution in [3.63, 3.8) is 0 Å². The molecule has 0 saturated carbocycles. The molecule has 0 aliphatic carbocycles. The number of nitrogens with zero attached hydrogens (tertiary/aromatic N) is 1. The SMILES string of the molecule is CSCCC(N)C(=O)NC1CCN(c2ccc(Cl)c(F)c2)C1.Cl. The molecule has 1 aliphatic rings. The van der Waals surface area contributed by atoms with Gasteiger partial charge in [-0.3, -0.25) is 4.79 Å². The van der Waals surface area contributed by atoms with Gasteiger partial charge in [0.2, 0.25) is 5.91 Å². The number of carbonyl (C=O) groups is 1. The van der Waals surface area contributed by atoms with Crippen LogP contribution >= 0.6 is 35.8 Å². The maximum Gasteiger partial charge on any atom is 0.237 e. The molecule has 2 rings (SSSR count). The lowest BCUT2D eigenvalue weighted by Crippen LogP contribution is -2.46. The number of hydrogen-bond acceptors (Lipinski definition) is 4. The topological polar surface area (TPSA) is 58.4 Å². The van der Waals surface area contributed by atoms with E-state index in [-0.39, 0.29) is 29.4 Å². The van der Waals surface area contributed by atoms with Crippen molar-refractivity contribution >= 4 is 47.4 Å². The van der Waals surface area contributed by atoms with Gasteiger partial charge in [0, 0.05) is 24.8 Å². The lowest BCUT2D eigenvalue weighted by molar-refractivity contribution is -0.122. The van der Waals surface area contributed by atoms with Gasteiger partial charge in [0.15, 0.2) is 0 Å². The van der Waals surface area contributed by atoms with Gasteiger partial charge < -0.3 is 16.0 Å². The average molecular weight is 382 g/mol. The Morgan fingerprint density at radius 2 is 2.35 bits per heavy atom. The number of carbonyl (C=O) groups excluding carboxylic acids is 1. The number of benzene rings is 1. The van der Waals surface area contributed by atoms with E-state index >= 15 is 0 Å². The van der Waals surface area contributed by atoms with Crippen molar-refractivity contribution in [2.24, 2.45) is 5.73 Å². The van der Waals surface area contributed by atoms with Crippen LogP contribution < -0.4 is 16.0 Å². The van der Waals surface area contributed by atoms with Crippen LogP contribution in [0.4, 0.5) is 10.1 Å². The molecular formula is C15H22Cl2FN3OS. The number of anilines is 1. The monoisotopic (exact) mass is 381 g/mol.